The Morgan fingerprint density at radius 3 is 2.45 bits per heavy atom. The zero-order chi connectivity index (χ0) is 15.6. The molecule has 2 aliphatic carbocycles. The molecule has 0 radical (unpaired) electrons. The van der Waals surface area contributed by atoms with E-state index < -0.39 is 22.8 Å². The summed E-state index contributed by atoms with van der Waals surface area (Å²) in [7, 11) is 0. The fourth-order valence-corrected chi connectivity index (χ4v) is 4.77. The van der Waals surface area contributed by atoms with Gasteiger partial charge in [-0.2, -0.15) is 0 Å². The van der Waals surface area contributed by atoms with E-state index in [1.807, 2.05) is 30.3 Å². The fraction of sp³-hybridized carbons (Fsp3) is 0.556. The second-order valence-electron chi connectivity index (χ2n) is 7.07. The van der Waals surface area contributed by atoms with Gasteiger partial charge in [-0.05, 0) is 18.4 Å². The summed E-state index contributed by atoms with van der Waals surface area (Å²) in [4.78, 5) is 25.5. The molecule has 0 aromatic heterocycles. The first-order chi connectivity index (χ1) is 10.4. The molecule has 3 aliphatic rings. The number of cyclic esters (lactones) is 1. The van der Waals surface area contributed by atoms with Crippen LogP contribution >= 0.6 is 0 Å². The number of benzene rings is 1. The van der Waals surface area contributed by atoms with Gasteiger partial charge in [0, 0.05) is 19.8 Å². The number of rotatable bonds is 1. The quantitative estimate of drug-likeness (QED) is 0.591. The third-order valence-corrected chi connectivity index (χ3v) is 5.51. The number of carbonyl (C=O) groups excluding carboxylic acids is 2. The molecule has 1 aromatic carbocycles. The van der Waals surface area contributed by atoms with E-state index >= 15 is 0 Å². The highest BCUT2D eigenvalue weighted by Crippen LogP contribution is 2.65. The molecule has 22 heavy (non-hydrogen) atoms. The van der Waals surface area contributed by atoms with Crippen molar-refractivity contribution >= 4 is 11.8 Å². The van der Waals surface area contributed by atoms with Crippen LogP contribution in [0.5, 0.6) is 0 Å². The summed E-state index contributed by atoms with van der Waals surface area (Å²) in [5.74, 6) is -1.78. The van der Waals surface area contributed by atoms with Crippen LogP contribution in [0.4, 0.5) is 0 Å². The molecule has 0 amide bonds. The average Bonchev–Trinajstić information content (AvgIpc) is 2.78. The summed E-state index contributed by atoms with van der Waals surface area (Å²) in [6.45, 7) is 3.39. The number of carbonyl (C=O) groups is 2. The standard InChI is InChI=1S/C18H20O4/c1-16(2)21-15(20)18(22-16)14(19)13-10-6-7-11-17(13,18)12-8-4-3-5-9-12/h3-5,8-9,13H,6-7,10-11H2,1-2H3/t13-,17+,18-/m0/s1. The molecule has 1 aromatic rings. The van der Waals surface area contributed by atoms with Crippen LogP contribution in [0.15, 0.2) is 30.3 Å². The first-order valence-electron chi connectivity index (χ1n) is 7.97. The molecule has 4 rings (SSSR count). The molecule has 1 aliphatic heterocycles. The fourth-order valence-electron chi connectivity index (χ4n) is 4.77. The van der Waals surface area contributed by atoms with E-state index in [0.717, 1.165) is 31.2 Å². The molecular formula is C18H20O4. The molecule has 1 spiro atoms. The number of Topliss-reactive ketones (excluding diaryl/α,β-unsaturated/α-hetero) is 1. The minimum absolute atomic E-state index is 0.0911. The maximum atomic E-state index is 12.9. The third kappa shape index (κ3) is 1.42. The van der Waals surface area contributed by atoms with Gasteiger partial charge in [0.15, 0.2) is 5.78 Å². The van der Waals surface area contributed by atoms with Gasteiger partial charge >= 0.3 is 5.97 Å². The van der Waals surface area contributed by atoms with Crippen molar-refractivity contribution in [1.82, 2.24) is 0 Å². The lowest BCUT2D eigenvalue weighted by Crippen LogP contribution is -2.78. The van der Waals surface area contributed by atoms with Crippen LogP contribution in [0.2, 0.25) is 0 Å². The van der Waals surface area contributed by atoms with Gasteiger partial charge in [0.05, 0.1) is 5.41 Å². The van der Waals surface area contributed by atoms with Gasteiger partial charge in [0.2, 0.25) is 11.4 Å². The Kier molecular flexibility index (Phi) is 2.66. The second-order valence-corrected chi connectivity index (χ2v) is 7.07. The summed E-state index contributed by atoms with van der Waals surface area (Å²) in [6, 6.07) is 9.88. The Balaban J connectivity index is 1.91. The predicted molar refractivity (Wildman–Crippen MR) is 79.1 cm³/mol. The zero-order valence-electron chi connectivity index (χ0n) is 12.9. The molecule has 0 bridgehead atoms. The number of esters is 1. The lowest BCUT2D eigenvalue weighted by molar-refractivity contribution is -0.222. The Morgan fingerprint density at radius 1 is 1.09 bits per heavy atom. The Hall–Kier alpha value is -1.68. The van der Waals surface area contributed by atoms with Crippen LogP contribution < -0.4 is 0 Å². The minimum Gasteiger partial charge on any atom is -0.431 e. The molecule has 116 valence electrons. The summed E-state index contributed by atoms with van der Waals surface area (Å²) in [5.41, 5.74) is -0.980. The van der Waals surface area contributed by atoms with Crippen molar-refractivity contribution in [3.63, 3.8) is 0 Å². The highest BCUT2D eigenvalue weighted by atomic mass is 16.8. The van der Waals surface area contributed by atoms with Crippen molar-refractivity contribution < 1.29 is 19.1 Å². The Labute approximate surface area is 129 Å². The SMILES string of the molecule is CC1(C)OC(=O)[C@@]2(O1)C(=O)[C@@H]1CCCC[C@@]12c1ccccc1. The summed E-state index contributed by atoms with van der Waals surface area (Å²) < 4.78 is 11.4. The third-order valence-electron chi connectivity index (χ3n) is 5.51. The van der Waals surface area contributed by atoms with E-state index in [4.69, 9.17) is 9.47 Å². The summed E-state index contributed by atoms with van der Waals surface area (Å²) >= 11 is 0. The molecule has 1 saturated heterocycles. The molecule has 1 heterocycles. The van der Waals surface area contributed by atoms with Gasteiger partial charge in [-0.25, -0.2) is 4.79 Å². The number of hydrogen-bond acceptors (Lipinski definition) is 4. The normalized spacial score (nSPS) is 39.3. The molecule has 2 saturated carbocycles. The van der Waals surface area contributed by atoms with Crippen molar-refractivity contribution in [3.05, 3.63) is 35.9 Å². The lowest BCUT2D eigenvalue weighted by Gasteiger charge is -2.60. The number of ketones is 1. The van der Waals surface area contributed by atoms with Gasteiger partial charge in [0.25, 0.3) is 0 Å². The van der Waals surface area contributed by atoms with Gasteiger partial charge in [-0.3, -0.25) is 4.79 Å². The Bertz CT molecular complexity index is 650. The number of fused-ring (bicyclic) bond motifs is 2. The van der Waals surface area contributed by atoms with Crippen LogP contribution in [0, 0.1) is 5.92 Å². The van der Waals surface area contributed by atoms with Crippen LogP contribution in [0.3, 0.4) is 0 Å². The first-order valence-corrected chi connectivity index (χ1v) is 7.97. The van der Waals surface area contributed by atoms with Crippen LogP contribution in [-0.2, 0) is 24.5 Å². The van der Waals surface area contributed by atoms with Crippen LogP contribution in [-0.4, -0.2) is 23.1 Å². The molecule has 3 atom stereocenters. The minimum atomic E-state index is -1.44. The highest BCUT2D eigenvalue weighted by Gasteiger charge is 2.82. The largest absolute Gasteiger partial charge is 0.431 e. The van der Waals surface area contributed by atoms with Crippen molar-refractivity contribution in [2.75, 3.05) is 0 Å². The molecule has 0 N–H and O–H groups in total. The van der Waals surface area contributed by atoms with Gasteiger partial charge in [-0.15, -0.1) is 0 Å². The number of ether oxygens (including phenoxy) is 2. The number of hydrogen-bond donors (Lipinski definition) is 0. The molecule has 0 unspecified atom stereocenters. The topological polar surface area (TPSA) is 52.6 Å². The maximum Gasteiger partial charge on any atom is 0.349 e. The van der Waals surface area contributed by atoms with E-state index in [0.29, 0.717) is 0 Å². The van der Waals surface area contributed by atoms with Crippen LogP contribution in [0.1, 0.15) is 45.1 Å². The monoisotopic (exact) mass is 300 g/mol. The second kappa shape index (κ2) is 4.19. The van der Waals surface area contributed by atoms with E-state index in [9.17, 15) is 9.59 Å². The highest BCUT2D eigenvalue weighted by molar-refractivity contribution is 6.17. The van der Waals surface area contributed by atoms with E-state index in [1.165, 1.54) is 0 Å². The Morgan fingerprint density at radius 2 is 1.82 bits per heavy atom. The lowest BCUT2D eigenvalue weighted by atomic mass is 9.42. The van der Waals surface area contributed by atoms with Gasteiger partial charge < -0.3 is 9.47 Å². The van der Waals surface area contributed by atoms with E-state index in [1.54, 1.807) is 13.8 Å². The van der Waals surface area contributed by atoms with Crippen LogP contribution in [0.25, 0.3) is 0 Å². The maximum absolute atomic E-state index is 12.9. The van der Waals surface area contributed by atoms with Crippen molar-refractivity contribution in [2.45, 2.75) is 56.3 Å². The molecule has 4 heteroatoms. The summed E-state index contributed by atoms with van der Waals surface area (Å²) in [5, 5.41) is 0. The van der Waals surface area contributed by atoms with Gasteiger partial charge in [0.1, 0.15) is 0 Å². The van der Waals surface area contributed by atoms with Crippen molar-refractivity contribution in [3.8, 4) is 0 Å². The van der Waals surface area contributed by atoms with Crippen molar-refractivity contribution in [2.24, 2.45) is 5.92 Å². The smallest absolute Gasteiger partial charge is 0.349 e. The predicted octanol–water partition coefficient (Wildman–Crippen LogP) is 2.75. The molecule has 4 nitrogen and oxygen atoms in total. The van der Waals surface area contributed by atoms with E-state index in [2.05, 4.69) is 0 Å². The average molecular weight is 300 g/mol. The van der Waals surface area contributed by atoms with Gasteiger partial charge in [-0.1, -0.05) is 43.2 Å². The van der Waals surface area contributed by atoms with Crippen molar-refractivity contribution in [1.29, 1.82) is 0 Å². The summed E-state index contributed by atoms with van der Waals surface area (Å²) in [6.07, 6.45) is 3.64. The van der Waals surface area contributed by atoms with E-state index in [-0.39, 0.29) is 11.7 Å². The molecular weight excluding hydrogens is 280 g/mol. The first kappa shape index (κ1) is 13.9. The molecule has 3 fully saturated rings. The zero-order valence-corrected chi connectivity index (χ0v) is 12.9.